The summed E-state index contributed by atoms with van der Waals surface area (Å²) in [6.07, 6.45) is 2.55. The van der Waals surface area contributed by atoms with Crippen LogP contribution in [0.15, 0.2) is 22.5 Å². The first kappa shape index (κ1) is 12.2. The van der Waals surface area contributed by atoms with Gasteiger partial charge in [-0.2, -0.15) is 4.37 Å². The minimum absolute atomic E-state index is 0.664. The summed E-state index contributed by atoms with van der Waals surface area (Å²) in [5.41, 5.74) is 4.05. The standard InChI is InChI=1S/C14H16N2S2/c1-9-5-10(2)7-11(6-9)8-17-14-15-13(16-18-14)12-3-4-12/h5-7,12H,3-4,8H2,1-2H3. The molecule has 0 bridgehead atoms. The first-order valence-corrected chi connectivity index (χ1v) is 8.00. The molecule has 1 aliphatic rings. The van der Waals surface area contributed by atoms with E-state index in [0.717, 1.165) is 15.9 Å². The van der Waals surface area contributed by atoms with Crippen LogP contribution >= 0.6 is 23.3 Å². The highest BCUT2D eigenvalue weighted by molar-refractivity contribution is 8.00. The lowest BCUT2D eigenvalue weighted by Gasteiger charge is -2.03. The Kier molecular flexibility index (Phi) is 3.39. The zero-order chi connectivity index (χ0) is 12.5. The summed E-state index contributed by atoms with van der Waals surface area (Å²) in [6.45, 7) is 4.30. The summed E-state index contributed by atoms with van der Waals surface area (Å²) in [5, 5.41) is 0. The van der Waals surface area contributed by atoms with E-state index in [-0.39, 0.29) is 0 Å². The van der Waals surface area contributed by atoms with E-state index in [1.165, 1.54) is 29.5 Å². The maximum absolute atomic E-state index is 4.60. The van der Waals surface area contributed by atoms with Crippen molar-refractivity contribution in [3.05, 3.63) is 40.7 Å². The van der Waals surface area contributed by atoms with Gasteiger partial charge in [-0.3, -0.25) is 0 Å². The molecule has 3 rings (SSSR count). The molecule has 0 unspecified atom stereocenters. The molecule has 0 spiro atoms. The van der Waals surface area contributed by atoms with Gasteiger partial charge in [0.05, 0.1) is 0 Å². The lowest BCUT2D eigenvalue weighted by atomic mass is 10.1. The van der Waals surface area contributed by atoms with Crippen LogP contribution in [-0.4, -0.2) is 9.36 Å². The summed E-state index contributed by atoms with van der Waals surface area (Å²) >= 11 is 3.35. The van der Waals surface area contributed by atoms with Gasteiger partial charge in [0.1, 0.15) is 5.82 Å². The Morgan fingerprint density at radius 1 is 1.22 bits per heavy atom. The molecule has 1 fully saturated rings. The van der Waals surface area contributed by atoms with Gasteiger partial charge in [-0.05, 0) is 43.8 Å². The van der Waals surface area contributed by atoms with Gasteiger partial charge in [0, 0.05) is 11.7 Å². The van der Waals surface area contributed by atoms with Gasteiger partial charge in [-0.15, -0.1) is 0 Å². The largest absolute Gasteiger partial charge is 0.213 e. The average molecular weight is 276 g/mol. The zero-order valence-corrected chi connectivity index (χ0v) is 12.3. The summed E-state index contributed by atoms with van der Waals surface area (Å²) in [5.74, 6) is 2.72. The number of thioether (sulfide) groups is 1. The molecule has 0 radical (unpaired) electrons. The third kappa shape index (κ3) is 2.93. The molecule has 4 heteroatoms. The molecule has 1 aromatic carbocycles. The van der Waals surface area contributed by atoms with Crippen molar-refractivity contribution in [2.45, 2.75) is 42.7 Å². The molecule has 0 N–H and O–H groups in total. The van der Waals surface area contributed by atoms with Gasteiger partial charge >= 0.3 is 0 Å². The van der Waals surface area contributed by atoms with Crippen molar-refractivity contribution < 1.29 is 0 Å². The van der Waals surface area contributed by atoms with Crippen molar-refractivity contribution >= 4 is 23.3 Å². The average Bonchev–Trinajstić information content (AvgIpc) is 3.05. The van der Waals surface area contributed by atoms with E-state index in [1.807, 2.05) is 0 Å². The predicted molar refractivity (Wildman–Crippen MR) is 77.4 cm³/mol. The van der Waals surface area contributed by atoms with Crippen molar-refractivity contribution in [2.24, 2.45) is 0 Å². The molecule has 0 saturated heterocycles. The van der Waals surface area contributed by atoms with Gasteiger partial charge in [0.15, 0.2) is 4.34 Å². The number of rotatable bonds is 4. The second kappa shape index (κ2) is 5.02. The highest BCUT2D eigenvalue weighted by atomic mass is 32.2. The number of hydrogen-bond acceptors (Lipinski definition) is 4. The van der Waals surface area contributed by atoms with Crippen LogP contribution in [0.4, 0.5) is 0 Å². The minimum Gasteiger partial charge on any atom is -0.213 e. The lowest BCUT2D eigenvalue weighted by Crippen LogP contribution is -1.85. The monoisotopic (exact) mass is 276 g/mol. The van der Waals surface area contributed by atoms with Crippen LogP contribution in [0.2, 0.25) is 0 Å². The van der Waals surface area contributed by atoms with Crippen molar-refractivity contribution in [2.75, 3.05) is 0 Å². The molecule has 0 amide bonds. The van der Waals surface area contributed by atoms with Crippen LogP contribution in [0, 0.1) is 13.8 Å². The summed E-state index contributed by atoms with van der Waals surface area (Å²) in [6, 6.07) is 6.72. The molecular weight excluding hydrogens is 260 g/mol. The first-order valence-electron chi connectivity index (χ1n) is 6.24. The number of aryl methyl sites for hydroxylation is 2. The quantitative estimate of drug-likeness (QED) is 0.778. The van der Waals surface area contributed by atoms with E-state index < -0.39 is 0 Å². The highest BCUT2D eigenvalue weighted by Gasteiger charge is 2.27. The van der Waals surface area contributed by atoms with E-state index in [2.05, 4.69) is 41.4 Å². The van der Waals surface area contributed by atoms with Gasteiger partial charge in [0.2, 0.25) is 0 Å². The van der Waals surface area contributed by atoms with E-state index in [9.17, 15) is 0 Å². The fourth-order valence-electron chi connectivity index (χ4n) is 2.08. The molecule has 1 aromatic heterocycles. The van der Waals surface area contributed by atoms with E-state index in [0.29, 0.717) is 5.92 Å². The molecule has 0 aliphatic heterocycles. The fraction of sp³-hybridized carbons (Fsp3) is 0.429. The van der Waals surface area contributed by atoms with Crippen LogP contribution in [0.5, 0.6) is 0 Å². The molecule has 1 aliphatic carbocycles. The van der Waals surface area contributed by atoms with Crippen LogP contribution in [0.1, 0.15) is 41.3 Å². The molecule has 94 valence electrons. The third-order valence-corrected chi connectivity index (χ3v) is 4.93. The summed E-state index contributed by atoms with van der Waals surface area (Å²) < 4.78 is 5.54. The van der Waals surface area contributed by atoms with Crippen LogP contribution in [-0.2, 0) is 5.75 Å². The molecule has 2 aromatic rings. The predicted octanol–water partition coefficient (Wildman–Crippen LogP) is 4.32. The molecule has 0 atom stereocenters. The Labute approximate surface area is 116 Å². The SMILES string of the molecule is Cc1cc(C)cc(CSc2nc(C3CC3)ns2)c1. The number of aromatic nitrogens is 2. The maximum Gasteiger partial charge on any atom is 0.170 e. The van der Waals surface area contributed by atoms with E-state index in [1.54, 1.807) is 23.3 Å². The Morgan fingerprint density at radius 2 is 1.94 bits per heavy atom. The lowest BCUT2D eigenvalue weighted by molar-refractivity contribution is 0.958. The first-order chi connectivity index (χ1) is 8.70. The Bertz CT molecular complexity index is 538. The van der Waals surface area contributed by atoms with Gasteiger partial charge in [-0.1, -0.05) is 41.1 Å². The molecular formula is C14H16N2S2. The highest BCUT2D eigenvalue weighted by Crippen LogP contribution is 2.40. The number of benzene rings is 1. The fourth-order valence-corrected chi connectivity index (χ4v) is 3.69. The van der Waals surface area contributed by atoms with Crippen molar-refractivity contribution in [1.82, 2.24) is 9.36 Å². The zero-order valence-electron chi connectivity index (χ0n) is 10.6. The topological polar surface area (TPSA) is 25.8 Å². The number of hydrogen-bond donors (Lipinski definition) is 0. The van der Waals surface area contributed by atoms with Gasteiger partial charge in [-0.25, -0.2) is 4.98 Å². The van der Waals surface area contributed by atoms with E-state index >= 15 is 0 Å². The molecule has 1 saturated carbocycles. The Balaban J connectivity index is 1.65. The van der Waals surface area contributed by atoms with Crippen molar-refractivity contribution in [3.8, 4) is 0 Å². The summed E-state index contributed by atoms with van der Waals surface area (Å²) in [7, 11) is 0. The van der Waals surface area contributed by atoms with Crippen LogP contribution < -0.4 is 0 Å². The Hall–Kier alpha value is -0.870. The van der Waals surface area contributed by atoms with Gasteiger partial charge < -0.3 is 0 Å². The Morgan fingerprint density at radius 3 is 2.61 bits per heavy atom. The smallest absolute Gasteiger partial charge is 0.170 e. The van der Waals surface area contributed by atoms with E-state index in [4.69, 9.17) is 0 Å². The summed E-state index contributed by atoms with van der Waals surface area (Å²) in [4.78, 5) is 4.60. The second-order valence-corrected chi connectivity index (χ2v) is 6.95. The van der Waals surface area contributed by atoms with Crippen LogP contribution in [0.3, 0.4) is 0 Å². The van der Waals surface area contributed by atoms with Gasteiger partial charge in [0.25, 0.3) is 0 Å². The maximum atomic E-state index is 4.60. The molecule has 2 nitrogen and oxygen atoms in total. The van der Waals surface area contributed by atoms with Crippen LogP contribution in [0.25, 0.3) is 0 Å². The minimum atomic E-state index is 0.664. The molecule has 1 heterocycles. The van der Waals surface area contributed by atoms with Crippen molar-refractivity contribution in [3.63, 3.8) is 0 Å². The van der Waals surface area contributed by atoms with Crippen molar-refractivity contribution in [1.29, 1.82) is 0 Å². The number of nitrogens with zero attached hydrogens (tertiary/aromatic N) is 2. The second-order valence-electron chi connectivity index (χ2n) is 4.98. The normalized spacial score (nSPS) is 15.0. The molecule has 18 heavy (non-hydrogen) atoms. The third-order valence-electron chi connectivity index (χ3n) is 3.01.